The van der Waals surface area contributed by atoms with E-state index < -0.39 is 0 Å². The number of fused-ring (bicyclic) bond motifs is 3. The fourth-order valence-corrected chi connectivity index (χ4v) is 6.11. The van der Waals surface area contributed by atoms with E-state index in [-0.39, 0.29) is 11.6 Å². The molecule has 0 saturated heterocycles. The fraction of sp³-hybridized carbons (Fsp3) is 0.143. The van der Waals surface area contributed by atoms with Crippen LogP contribution in [-0.2, 0) is 6.42 Å². The summed E-state index contributed by atoms with van der Waals surface area (Å²) < 4.78 is 9.08. The van der Waals surface area contributed by atoms with Crippen molar-refractivity contribution in [2.24, 2.45) is 4.99 Å². The third kappa shape index (κ3) is 3.58. The van der Waals surface area contributed by atoms with E-state index in [1.807, 2.05) is 53.1 Å². The van der Waals surface area contributed by atoms with E-state index in [9.17, 15) is 4.79 Å². The SMILES string of the molecule is COc1cccc(C2C3=C(N=c4sc(=Cc5ccc(Br)cc5)c(=O)n42)c2ccccc2CC3)c1. The van der Waals surface area contributed by atoms with Gasteiger partial charge >= 0.3 is 0 Å². The molecular formula is C28H21BrN2O2S. The molecule has 0 bridgehead atoms. The molecule has 0 N–H and O–H groups in total. The van der Waals surface area contributed by atoms with E-state index in [2.05, 4.69) is 46.3 Å². The van der Waals surface area contributed by atoms with Gasteiger partial charge in [-0.05, 0) is 65.4 Å². The molecule has 3 aromatic carbocycles. The van der Waals surface area contributed by atoms with E-state index in [0.29, 0.717) is 4.53 Å². The molecule has 0 saturated carbocycles. The van der Waals surface area contributed by atoms with Gasteiger partial charge < -0.3 is 4.74 Å². The van der Waals surface area contributed by atoms with Gasteiger partial charge in [0.25, 0.3) is 5.56 Å². The minimum atomic E-state index is -0.207. The number of rotatable bonds is 3. The highest BCUT2D eigenvalue weighted by molar-refractivity contribution is 9.10. The van der Waals surface area contributed by atoms with Crippen LogP contribution in [0.5, 0.6) is 5.75 Å². The Labute approximate surface area is 209 Å². The van der Waals surface area contributed by atoms with Crippen molar-refractivity contribution in [2.45, 2.75) is 18.9 Å². The van der Waals surface area contributed by atoms with Gasteiger partial charge in [0.05, 0.1) is 23.4 Å². The van der Waals surface area contributed by atoms with Crippen LogP contribution in [0.4, 0.5) is 0 Å². The topological polar surface area (TPSA) is 43.6 Å². The third-order valence-corrected chi connectivity index (χ3v) is 7.96. The summed E-state index contributed by atoms with van der Waals surface area (Å²) in [6, 6.07) is 24.3. The second-order valence-corrected chi connectivity index (χ2v) is 10.4. The number of allylic oxidation sites excluding steroid dienone is 1. The Balaban J connectivity index is 1.62. The molecule has 2 heterocycles. The number of thiazole rings is 1. The van der Waals surface area contributed by atoms with Crippen molar-refractivity contribution in [3.8, 4) is 5.75 Å². The van der Waals surface area contributed by atoms with Gasteiger partial charge in [-0.25, -0.2) is 4.99 Å². The maximum absolute atomic E-state index is 13.8. The highest BCUT2D eigenvalue weighted by Gasteiger charge is 2.32. The van der Waals surface area contributed by atoms with Gasteiger partial charge in [-0.15, -0.1) is 0 Å². The van der Waals surface area contributed by atoms with Gasteiger partial charge in [-0.3, -0.25) is 9.36 Å². The fourth-order valence-electron chi connectivity index (χ4n) is 4.84. The average molecular weight is 529 g/mol. The number of ether oxygens (including phenoxy) is 1. The zero-order valence-corrected chi connectivity index (χ0v) is 20.9. The Morgan fingerprint density at radius 1 is 1.06 bits per heavy atom. The number of halogens is 1. The van der Waals surface area contributed by atoms with Crippen LogP contribution >= 0.6 is 27.3 Å². The smallest absolute Gasteiger partial charge is 0.271 e. The van der Waals surface area contributed by atoms with E-state index in [4.69, 9.17) is 9.73 Å². The predicted octanol–water partition coefficient (Wildman–Crippen LogP) is 5.09. The Bertz CT molecular complexity index is 1630. The number of benzene rings is 3. The van der Waals surface area contributed by atoms with Crippen molar-refractivity contribution in [1.82, 2.24) is 4.57 Å². The normalized spacial score (nSPS) is 17.0. The van der Waals surface area contributed by atoms with E-state index >= 15 is 0 Å². The molecule has 34 heavy (non-hydrogen) atoms. The second-order valence-electron chi connectivity index (χ2n) is 8.44. The number of aryl methyl sites for hydroxylation is 1. The lowest BCUT2D eigenvalue weighted by atomic mass is 9.83. The van der Waals surface area contributed by atoms with Gasteiger partial charge in [0.15, 0.2) is 4.80 Å². The molecule has 4 nitrogen and oxygen atoms in total. The number of methoxy groups -OCH3 is 1. The Hall–Kier alpha value is -3.22. The zero-order valence-electron chi connectivity index (χ0n) is 18.5. The lowest BCUT2D eigenvalue weighted by Gasteiger charge is -2.31. The molecule has 1 atom stereocenters. The highest BCUT2D eigenvalue weighted by Crippen LogP contribution is 2.41. The summed E-state index contributed by atoms with van der Waals surface area (Å²) in [4.78, 5) is 19.6. The first kappa shape index (κ1) is 21.3. The minimum absolute atomic E-state index is 0.00935. The summed E-state index contributed by atoms with van der Waals surface area (Å²) in [6.45, 7) is 0. The molecule has 6 heteroatoms. The number of nitrogens with zero attached hydrogens (tertiary/aromatic N) is 2. The Morgan fingerprint density at radius 2 is 1.88 bits per heavy atom. The molecule has 4 aromatic rings. The van der Waals surface area contributed by atoms with Crippen LogP contribution in [0.25, 0.3) is 11.8 Å². The summed E-state index contributed by atoms with van der Waals surface area (Å²) in [6.07, 6.45) is 3.76. The van der Waals surface area contributed by atoms with Crippen LogP contribution in [0.1, 0.15) is 34.7 Å². The minimum Gasteiger partial charge on any atom is -0.497 e. The molecule has 168 valence electrons. The summed E-state index contributed by atoms with van der Waals surface area (Å²) in [7, 11) is 1.67. The number of hydrogen-bond acceptors (Lipinski definition) is 4. The average Bonchev–Trinajstić information content (AvgIpc) is 3.18. The molecule has 6 rings (SSSR count). The molecule has 0 spiro atoms. The summed E-state index contributed by atoms with van der Waals surface area (Å²) >= 11 is 4.93. The molecule has 1 aliphatic carbocycles. The van der Waals surface area contributed by atoms with Crippen LogP contribution in [-0.4, -0.2) is 11.7 Å². The maximum Gasteiger partial charge on any atom is 0.271 e. The van der Waals surface area contributed by atoms with Crippen molar-refractivity contribution in [1.29, 1.82) is 0 Å². The van der Waals surface area contributed by atoms with Crippen LogP contribution < -0.4 is 19.6 Å². The first-order chi connectivity index (χ1) is 16.6. The zero-order chi connectivity index (χ0) is 23.2. The summed E-state index contributed by atoms with van der Waals surface area (Å²) in [5.74, 6) is 0.782. The molecule has 0 radical (unpaired) electrons. The molecule has 0 amide bonds. The lowest BCUT2D eigenvalue weighted by Crippen LogP contribution is -2.38. The number of hydrogen-bond donors (Lipinski definition) is 0. The van der Waals surface area contributed by atoms with Gasteiger partial charge in [0, 0.05) is 10.0 Å². The Morgan fingerprint density at radius 3 is 2.71 bits per heavy atom. The van der Waals surface area contributed by atoms with Crippen molar-refractivity contribution >= 4 is 39.0 Å². The van der Waals surface area contributed by atoms with Crippen molar-refractivity contribution < 1.29 is 4.74 Å². The molecule has 1 aliphatic heterocycles. The molecule has 0 fully saturated rings. The van der Waals surface area contributed by atoms with Crippen LogP contribution in [0, 0.1) is 0 Å². The third-order valence-electron chi connectivity index (χ3n) is 6.45. The van der Waals surface area contributed by atoms with Gasteiger partial charge in [0.2, 0.25) is 0 Å². The standard InChI is InChI=1S/C28H21BrN2O2S/c1-33-21-7-4-6-19(16-21)26-23-14-11-18-5-2-3-8-22(18)25(23)30-28-31(26)27(32)24(34-28)15-17-9-12-20(29)13-10-17/h2-10,12-13,15-16,26H,11,14H2,1H3. The Kier molecular flexibility index (Phi) is 5.35. The van der Waals surface area contributed by atoms with E-state index in [1.165, 1.54) is 28.0 Å². The van der Waals surface area contributed by atoms with Crippen molar-refractivity contribution in [3.63, 3.8) is 0 Å². The quantitative estimate of drug-likeness (QED) is 0.371. The lowest BCUT2D eigenvalue weighted by molar-refractivity contribution is 0.413. The van der Waals surface area contributed by atoms with Crippen molar-refractivity contribution in [3.05, 3.63) is 125 Å². The molecular weight excluding hydrogens is 508 g/mol. The summed E-state index contributed by atoms with van der Waals surface area (Å²) in [5.41, 5.74) is 6.69. The molecule has 2 aliphatic rings. The highest BCUT2D eigenvalue weighted by atomic mass is 79.9. The van der Waals surface area contributed by atoms with E-state index in [0.717, 1.165) is 44.7 Å². The monoisotopic (exact) mass is 528 g/mol. The first-order valence-corrected chi connectivity index (χ1v) is 12.8. The van der Waals surface area contributed by atoms with Gasteiger partial charge in [-0.1, -0.05) is 75.8 Å². The van der Waals surface area contributed by atoms with Crippen LogP contribution in [0.2, 0.25) is 0 Å². The molecule has 1 aromatic heterocycles. The maximum atomic E-state index is 13.8. The van der Waals surface area contributed by atoms with Gasteiger partial charge in [0.1, 0.15) is 5.75 Å². The molecule has 1 unspecified atom stereocenters. The largest absolute Gasteiger partial charge is 0.497 e. The predicted molar refractivity (Wildman–Crippen MR) is 140 cm³/mol. The van der Waals surface area contributed by atoms with Crippen molar-refractivity contribution in [2.75, 3.05) is 7.11 Å². The second kappa shape index (κ2) is 8.53. The van der Waals surface area contributed by atoms with Gasteiger partial charge in [-0.2, -0.15) is 0 Å². The van der Waals surface area contributed by atoms with Crippen LogP contribution in [0.15, 0.2) is 92.6 Å². The van der Waals surface area contributed by atoms with E-state index in [1.54, 1.807) is 7.11 Å². The van der Waals surface area contributed by atoms with Crippen LogP contribution in [0.3, 0.4) is 0 Å². The number of aromatic nitrogens is 1. The first-order valence-electron chi connectivity index (χ1n) is 11.1. The summed E-state index contributed by atoms with van der Waals surface area (Å²) in [5, 5.41) is 0.